The first-order valence-corrected chi connectivity index (χ1v) is 6.91. The molecule has 0 aliphatic carbocycles. The van der Waals surface area contributed by atoms with Gasteiger partial charge in [0.2, 0.25) is 5.91 Å². The topological polar surface area (TPSA) is 50.4 Å². The van der Waals surface area contributed by atoms with Gasteiger partial charge in [-0.1, -0.05) is 13.0 Å². The third-order valence-electron chi connectivity index (χ3n) is 3.45. The van der Waals surface area contributed by atoms with Crippen molar-refractivity contribution in [3.8, 4) is 0 Å². The molecule has 4 nitrogen and oxygen atoms in total. The van der Waals surface area contributed by atoms with Crippen LogP contribution in [0.1, 0.15) is 25.3 Å². The molecule has 0 spiro atoms. The van der Waals surface area contributed by atoms with Gasteiger partial charge in [-0.2, -0.15) is 0 Å². The lowest BCUT2D eigenvalue weighted by Crippen LogP contribution is -2.15. The van der Waals surface area contributed by atoms with Crippen LogP contribution in [0.15, 0.2) is 18.2 Å². The monoisotopic (exact) mass is 262 g/mol. The highest BCUT2D eigenvalue weighted by Gasteiger charge is 2.15. The second-order valence-electron chi connectivity index (χ2n) is 5.04. The summed E-state index contributed by atoms with van der Waals surface area (Å²) in [5.41, 5.74) is 3.12. The first kappa shape index (κ1) is 13.9. The van der Waals surface area contributed by atoms with Gasteiger partial charge in [0.1, 0.15) is 0 Å². The Labute approximate surface area is 114 Å². The summed E-state index contributed by atoms with van der Waals surface area (Å²) in [5.74, 6) is 0.632. The average molecular weight is 262 g/mol. The maximum Gasteiger partial charge on any atom is 0.224 e. The van der Waals surface area contributed by atoms with Crippen molar-refractivity contribution < 1.29 is 9.53 Å². The molecule has 1 saturated heterocycles. The fraction of sp³-hybridized carbons (Fsp3) is 0.533. The average Bonchev–Trinajstić information content (AvgIpc) is 2.92. The zero-order valence-electron chi connectivity index (χ0n) is 11.7. The first-order valence-electron chi connectivity index (χ1n) is 6.91. The SMILES string of the molecule is CCC(=O)Nc1ccc(C)c(NCC2CCOC2)c1. The minimum absolute atomic E-state index is 0.0407. The van der Waals surface area contributed by atoms with Crippen LogP contribution in [-0.2, 0) is 9.53 Å². The van der Waals surface area contributed by atoms with E-state index in [1.807, 2.05) is 25.1 Å². The number of aryl methyl sites for hydroxylation is 1. The molecule has 1 fully saturated rings. The Morgan fingerprint density at radius 3 is 3.00 bits per heavy atom. The van der Waals surface area contributed by atoms with Crippen LogP contribution in [0.5, 0.6) is 0 Å². The number of carbonyl (C=O) groups is 1. The van der Waals surface area contributed by atoms with E-state index in [0.29, 0.717) is 12.3 Å². The molecule has 1 heterocycles. The molecule has 1 aliphatic rings. The van der Waals surface area contributed by atoms with Crippen LogP contribution >= 0.6 is 0 Å². The van der Waals surface area contributed by atoms with E-state index in [2.05, 4.69) is 17.6 Å². The Balaban J connectivity index is 1.97. The van der Waals surface area contributed by atoms with Crippen molar-refractivity contribution in [2.45, 2.75) is 26.7 Å². The van der Waals surface area contributed by atoms with E-state index < -0.39 is 0 Å². The first-order chi connectivity index (χ1) is 9.19. The molecule has 0 radical (unpaired) electrons. The van der Waals surface area contributed by atoms with Gasteiger partial charge >= 0.3 is 0 Å². The van der Waals surface area contributed by atoms with Crippen LogP contribution in [0.3, 0.4) is 0 Å². The molecule has 0 aromatic heterocycles. The standard InChI is InChI=1S/C15H22N2O2/c1-3-15(18)17-13-5-4-11(2)14(8-13)16-9-12-6-7-19-10-12/h4-5,8,12,16H,3,6-7,9-10H2,1-2H3,(H,17,18). The maximum absolute atomic E-state index is 11.4. The smallest absolute Gasteiger partial charge is 0.224 e. The summed E-state index contributed by atoms with van der Waals surface area (Å²) in [6.07, 6.45) is 1.62. The second kappa shape index (κ2) is 6.57. The molecule has 2 rings (SSSR count). The van der Waals surface area contributed by atoms with Gasteiger partial charge < -0.3 is 15.4 Å². The highest BCUT2D eigenvalue weighted by molar-refractivity contribution is 5.91. The summed E-state index contributed by atoms with van der Waals surface area (Å²) >= 11 is 0. The lowest BCUT2D eigenvalue weighted by atomic mass is 10.1. The van der Waals surface area contributed by atoms with Crippen LogP contribution < -0.4 is 10.6 Å². The van der Waals surface area contributed by atoms with Crippen molar-refractivity contribution in [3.63, 3.8) is 0 Å². The molecule has 1 unspecified atom stereocenters. The minimum atomic E-state index is 0.0407. The van der Waals surface area contributed by atoms with E-state index >= 15 is 0 Å². The van der Waals surface area contributed by atoms with E-state index in [-0.39, 0.29) is 5.91 Å². The molecule has 0 bridgehead atoms. The van der Waals surface area contributed by atoms with Crippen LogP contribution in [0, 0.1) is 12.8 Å². The highest BCUT2D eigenvalue weighted by Crippen LogP contribution is 2.22. The molecule has 1 amide bonds. The van der Waals surface area contributed by atoms with Crippen molar-refractivity contribution in [2.75, 3.05) is 30.4 Å². The Morgan fingerprint density at radius 1 is 1.47 bits per heavy atom. The molecule has 1 atom stereocenters. The van der Waals surface area contributed by atoms with Gasteiger partial charge in [0.15, 0.2) is 0 Å². The number of rotatable bonds is 5. The van der Waals surface area contributed by atoms with Crippen LogP contribution in [0.25, 0.3) is 0 Å². The van der Waals surface area contributed by atoms with Crippen molar-refractivity contribution in [3.05, 3.63) is 23.8 Å². The lowest BCUT2D eigenvalue weighted by molar-refractivity contribution is -0.115. The van der Waals surface area contributed by atoms with Crippen LogP contribution in [0.4, 0.5) is 11.4 Å². The third kappa shape index (κ3) is 3.96. The van der Waals surface area contributed by atoms with Gasteiger partial charge in [-0.05, 0) is 31.0 Å². The van der Waals surface area contributed by atoms with Gasteiger partial charge in [0, 0.05) is 36.9 Å². The van der Waals surface area contributed by atoms with E-state index in [4.69, 9.17) is 4.74 Å². The zero-order valence-corrected chi connectivity index (χ0v) is 11.7. The van der Waals surface area contributed by atoms with Crippen molar-refractivity contribution in [1.29, 1.82) is 0 Å². The Kier molecular flexibility index (Phi) is 4.80. The van der Waals surface area contributed by atoms with Crippen LogP contribution in [0.2, 0.25) is 0 Å². The number of hydrogen-bond donors (Lipinski definition) is 2. The molecule has 2 N–H and O–H groups in total. The quantitative estimate of drug-likeness (QED) is 0.858. The Hall–Kier alpha value is -1.55. The fourth-order valence-corrected chi connectivity index (χ4v) is 2.14. The summed E-state index contributed by atoms with van der Waals surface area (Å²) in [7, 11) is 0. The van der Waals surface area contributed by atoms with E-state index in [1.54, 1.807) is 0 Å². The van der Waals surface area contributed by atoms with Crippen LogP contribution in [-0.4, -0.2) is 25.7 Å². The number of hydrogen-bond acceptors (Lipinski definition) is 3. The zero-order chi connectivity index (χ0) is 13.7. The highest BCUT2D eigenvalue weighted by atomic mass is 16.5. The summed E-state index contributed by atoms with van der Waals surface area (Å²) < 4.78 is 5.37. The summed E-state index contributed by atoms with van der Waals surface area (Å²) in [6, 6.07) is 5.96. The molecule has 104 valence electrons. The Bertz CT molecular complexity index is 440. The van der Waals surface area contributed by atoms with E-state index in [1.165, 1.54) is 5.56 Å². The van der Waals surface area contributed by atoms with Gasteiger partial charge in [0.25, 0.3) is 0 Å². The number of nitrogens with one attached hydrogen (secondary N) is 2. The number of amides is 1. The van der Waals surface area contributed by atoms with Gasteiger partial charge in [-0.3, -0.25) is 4.79 Å². The largest absolute Gasteiger partial charge is 0.384 e. The second-order valence-corrected chi connectivity index (χ2v) is 5.04. The number of anilines is 2. The lowest BCUT2D eigenvalue weighted by Gasteiger charge is -2.14. The molecule has 19 heavy (non-hydrogen) atoms. The fourth-order valence-electron chi connectivity index (χ4n) is 2.14. The number of benzene rings is 1. The molecular formula is C15H22N2O2. The summed E-state index contributed by atoms with van der Waals surface area (Å²) in [4.78, 5) is 11.4. The Morgan fingerprint density at radius 2 is 2.32 bits per heavy atom. The van der Waals surface area contributed by atoms with Gasteiger partial charge in [-0.15, -0.1) is 0 Å². The summed E-state index contributed by atoms with van der Waals surface area (Å²) in [5, 5.41) is 6.34. The third-order valence-corrected chi connectivity index (χ3v) is 3.45. The molecule has 1 aromatic carbocycles. The maximum atomic E-state index is 11.4. The predicted octanol–water partition coefficient (Wildman–Crippen LogP) is 2.79. The van der Waals surface area contributed by atoms with Gasteiger partial charge in [0.05, 0.1) is 6.61 Å². The number of ether oxygens (including phenoxy) is 1. The normalized spacial score (nSPS) is 18.3. The molecular weight excluding hydrogens is 240 g/mol. The van der Waals surface area contributed by atoms with E-state index in [0.717, 1.165) is 37.6 Å². The van der Waals surface area contributed by atoms with Crippen molar-refractivity contribution in [1.82, 2.24) is 0 Å². The number of carbonyl (C=O) groups excluding carboxylic acids is 1. The molecule has 4 heteroatoms. The summed E-state index contributed by atoms with van der Waals surface area (Å²) in [6.45, 7) is 6.56. The van der Waals surface area contributed by atoms with E-state index in [9.17, 15) is 4.79 Å². The molecule has 0 saturated carbocycles. The molecule has 1 aromatic rings. The van der Waals surface area contributed by atoms with Crippen molar-refractivity contribution >= 4 is 17.3 Å². The molecule has 1 aliphatic heterocycles. The minimum Gasteiger partial charge on any atom is -0.384 e. The predicted molar refractivity (Wildman–Crippen MR) is 77.5 cm³/mol. The van der Waals surface area contributed by atoms with Crippen molar-refractivity contribution in [2.24, 2.45) is 5.92 Å². The van der Waals surface area contributed by atoms with Gasteiger partial charge in [-0.25, -0.2) is 0 Å².